The zero-order chi connectivity index (χ0) is 14.4. The van der Waals surface area contributed by atoms with Crippen LogP contribution in [-0.4, -0.2) is 11.5 Å². The van der Waals surface area contributed by atoms with E-state index in [0.29, 0.717) is 6.04 Å². The van der Waals surface area contributed by atoms with Gasteiger partial charge in [0.05, 0.1) is 6.20 Å². The number of rotatable bonds is 6. The first-order chi connectivity index (χ1) is 9.74. The lowest BCUT2D eigenvalue weighted by atomic mass is 10.0. The van der Waals surface area contributed by atoms with Gasteiger partial charge in [-0.3, -0.25) is 4.98 Å². The Kier molecular flexibility index (Phi) is 5.56. The monoisotopic (exact) mass is 334 g/mol. The zero-order valence-corrected chi connectivity index (χ0v) is 13.4. The van der Waals surface area contributed by atoms with Crippen LogP contribution in [-0.2, 0) is 0 Å². The van der Waals surface area contributed by atoms with Gasteiger partial charge in [0, 0.05) is 22.3 Å². The number of hydrogen-bond donors (Lipinski definition) is 1. The van der Waals surface area contributed by atoms with Gasteiger partial charge >= 0.3 is 0 Å². The summed E-state index contributed by atoms with van der Waals surface area (Å²) in [5.41, 5.74) is 1.18. The van der Waals surface area contributed by atoms with Crippen molar-refractivity contribution in [2.24, 2.45) is 0 Å². The Morgan fingerprint density at radius 1 is 1.25 bits per heavy atom. The average Bonchev–Trinajstić information content (AvgIpc) is 2.46. The van der Waals surface area contributed by atoms with Crippen molar-refractivity contribution >= 4 is 15.9 Å². The van der Waals surface area contributed by atoms with E-state index in [2.05, 4.69) is 46.1 Å². The summed E-state index contributed by atoms with van der Waals surface area (Å²) in [5.74, 6) is 1.61. The van der Waals surface area contributed by atoms with E-state index in [-0.39, 0.29) is 0 Å². The molecule has 1 heterocycles. The maximum atomic E-state index is 5.99. The number of pyridine rings is 1. The molecule has 0 saturated carbocycles. The molecule has 20 heavy (non-hydrogen) atoms. The summed E-state index contributed by atoms with van der Waals surface area (Å²) in [6.45, 7) is 5.22. The second-order valence-corrected chi connectivity index (χ2v) is 5.41. The third-order valence-electron chi connectivity index (χ3n) is 3.06. The smallest absolute Gasteiger partial charge is 0.146 e. The van der Waals surface area contributed by atoms with Gasteiger partial charge in [-0.2, -0.15) is 0 Å². The van der Waals surface area contributed by atoms with Crippen LogP contribution in [0.25, 0.3) is 0 Å². The molecular weight excluding hydrogens is 316 g/mol. The van der Waals surface area contributed by atoms with Crippen LogP contribution in [0.3, 0.4) is 0 Å². The lowest BCUT2D eigenvalue weighted by Gasteiger charge is -2.19. The largest absolute Gasteiger partial charge is 0.455 e. The summed E-state index contributed by atoms with van der Waals surface area (Å²) < 4.78 is 6.90. The third kappa shape index (κ3) is 3.81. The molecular formula is C16H19BrN2O. The van der Waals surface area contributed by atoms with Crippen molar-refractivity contribution < 1.29 is 4.74 Å². The lowest BCUT2D eigenvalue weighted by molar-refractivity contribution is 0.451. The molecule has 0 aliphatic rings. The Hall–Kier alpha value is -1.39. The molecule has 3 nitrogen and oxygen atoms in total. The van der Waals surface area contributed by atoms with Gasteiger partial charge in [0.1, 0.15) is 11.5 Å². The van der Waals surface area contributed by atoms with Gasteiger partial charge in [-0.1, -0.05) is 32.0 Å². The second-order valence-electron chi connectivity index (χ2n) is 4.50. The molecule has 0 amide bonds. The molecule has 0 aliphatic heterocycles. The van der Waals surface area contributed by atoms with E-state index in [9.17, 15) is 0 Å². The molecule has 0 fully saturated rings. The number of hydrogen-bond acceptors (Lipinski definition) is 3. The predicted octanol–water partition coefficient (Wildman–Crippen LogP) is 4.70. The van der Waals surface area contributed by atoms with Crippen LogP contribution in [0.2, 0.25) is 0 Å². The Bertz CT molecular complexity index is 560. The van der Waals surface area contributed by atoms with Crippen LogP contribution in [0, 0.1) is 0 Å². The van der Waals surface area contributed by atoms with Crippen molar-refractivity contribution in [1.82, 2.24) is 10.3 Å². The van der Waals surface area contributed by atoms with Crippen LogP contribution >= 0.6 is 15.9 Å². The molecule has 1 unspecified atom stereocenters. The minimum absolute atomic E-state index is 0.302. The van der Waals surface area contributed by atoms with Crippen molar-refractivity contribution in [3.8, 4) is 11.5 Å². The first kappa shape index (κ1) is 15.0. The topological polar surface area (TPSA) is 34.1 Å². The minimum atomic E-state index is 0.302. The molecule has 2 aromatic rings. The number of benzene rings is 1. The van der Waals surface area contributed by atoms with E-state index in [1.807, 2.05) is 24.3 Å². The maximum Gasteiger partial charge on any atom is 0.146 e. The van der Waals surface area contributed by atoms with Crippen molar-refractivity contribution in [3.05, 3.63) is 52.8 Å². The fourth-order valence-corrected chi connectivity index (χ4v) is 2.50. The van der Waals surface area contributed by atoms with Crippen LogP contribution in [0.4, 0.5) is 0 Å². The first-order valence-corrected chi connectivity index (χ1v) is 7.64. The summed E-state index contributed by atoms with van der Waals surface area (Å²) in [6, 6.07) is 10.4. The maximum absolute atomic E-state index is 5.99. The molecule has 4 heteroatoms. The van der Waals surface area contributed by atoms with Crippen molar-refractivity contribution in [2.75, 3.05) is 6.54 Å². The predicted molar refractivity (Wildman–Crippen MR) is 85.2 cm³/mol. The van der Waals surface area contributed by atoms with Crippen molar-refractivity contribution in [1.29, 1.82) is 0 Å². The standard InChI is InChI=1S/C16H19BrN2O/c1-3-15(19-4-2)14-7-5-6-8-16(14)20-13-9-12(17)10-18-11-13/h5-11,15,19H,3-4H2,1-2H3. The van der Waals surface area contributed by atoms with Crippen LogP contribution in [0.1, 0.15) is 31.9 Å². The van der Waals surface area contributed by atoms with E-state index in [1.165, 1.54) is 5.56 Å². The van der Waals surface area contributed by atoms with Gasteiger partial charge in [-0.15, -0.1) is 0 Å². The molecule has 0 radical (unpaired) electrons. The lowest BCUT2D eigenvalue weighted by Crippen LogP contribution is -2.20. The molecule has 1 atom stereocenters. The molecule has 0 bridgehead atoms. The molecule has 0 spiro atoms. The summed E-state index contributed by atoms with van der Waals surface area (Å²) in [4.78, 5) is 4.12. The summed E-state index contributed by atoms with van der Waals surface area (Å²) >= 11 is 3.41. The Balaban J connectivity index is 2.27. The van der Waals surface area contributed by atoms with Crippen LogP contribution < -0.4 is 10.1 Å². The Labute approximate surface area is 128 Å². The van der Waals surface area contributed by atoms with E-state index < -0.39 is 0 Å². The highest BCUT2D eigenvalue weighted by molar-refractivity contribution is 9.10. The van der Waals surface area contributed by atoms with E-state index in [0.717, 1.165) is 28.9 Å². The van der Waals surface area contributed by atoms with Crippen LogP contribution in [0.5, 0.6) is 11.5 Å². The highest BCUT2D eigenvalue weighted by atomic mass is 79.9. The average molecular weight is 335 g/mol. The number of aromatic nitrogens is 1. The second kappa shape index (κ2) is 7.41. The number of halogens is 1. The fourth-order valence-electron chi connectivity index (χ4n) is 2.16. The number of nitrogens with one attached hydrogen (secondary N) is 1. The van der Waals surface area contributed by atoms with Gasteiger partial charge in [-0.25, -0.2) is 0 Å². The van der Waals surface area contributed by atoms with Gasteiger partial charge in [-0.05, 0) is 41.0 Å². The van der Waals surface area contributed by atoms with Gasteiger partial charge in [0.15, 0.2) is 0 Å². The Morgan fingerprint density at radius 2 is 2.05 bits per heavy atom. The third-order valence-corrected chi connectivity index (χ3v) is 3.49. The SMILES string of the molecule is CCNC(CC)c1ccccc1Oc1cncc(Br)c1. The summed E-state index contributed by atoms with van der Waals surface area (Å²) in [6.07, 6.45) is 4.48. The molecule has 0 saturated heterocycles. The molecule has 1 N–H and O–H groups in total. The first-order valence-electron chi connectivity index (χ1n) is 6.85. The van der Waals surface area contributed by atoms with E-state index in [1.54, 1.807) is 12.4 Å². The summed E-state index contributed by atoms with van der Waals surface area (Å²) in [7, 11) is 0. The highest BCUT2D eigenvalue weighted by Crippen LogP contribution is 2.31. The fraction of sp³-hybridized carbons (Fsp3) is 0.312. The van der Waals surface area contributed by atoms with E-state index in [4.69, 9.17) is 4.74 Å². The quantitative estimate of drug-likeness (QED) is 0.831. The van der Waals surface area contributed by atoms with Crippen molar-refractivity contribution in [3.63, 3.8) is 0 Å². The summed E-state index contributed by atoms with van der Waals surface area (Å²) in [5, 5.41) is 3.48. The molecule has 1 aromatic heterocycles. The molecule has 0 aliphatic carbocycles. The normalized spacial score (nSPS) is 12.2. The number of para-hydroxylation sites is 1. The number of nitrogens with zero attached hydrogens (tertiary/aromatic N) is 1. The van der Waals surface area contributed by atoms with E-state index >= 15 is 0 Å². The molecule has 1 aromatic carbocycles. The zero-order valence-electron chi connectivity index (χ0n) is 11.8. The van der Waals surface area contributed by atoms with Gasteiger partial charge in [0.2, 0.25) is 0 Å². The van der Waals surface area contributed by atoms with Gasteiger partial charge in [0.25, 0.3) is 0 Å². The van der Waals surface area contributed by atoms with Gasteiger partial charge < -0.3 is 10.1 Å². The Morgan fingerprint density at radius 3 is 2.75 bits per heavy atom. The number of ether oxygens (including phenoxy) is 1. The highest BCUT2D eigenvalue weighted by Gasteiger charge is 2.13. The minimum Gasteiger partial charge on any atom is -0.455 e. The van der Waals surface area contributed by atoms with Crippen LogP contribution in [0.15, 0.2) is 47.2 Å². The van der Waals surface area contributed by atoms with Crippen molar-refractivity contribution in [2.45, 2.75) is 26.3 Å². The molecule has 2 rings (SSSR count). The molecule has 106 valence electrons.